The Kier molecular flexibility index (Phi) is 5.57. The van der Waals surface area contributed by atoms with E-state index in [9.17, 15) is 14.4 Å². The van der Waals surface area contributed by atoms with Crippen LogP contribution in [-0.4, -0.2) is 40.9 Å². The van der Waals surface area contributed by atoms with E-state index in [1.807, 2.05) is 0 Å². The third-order valence-electron chi connectivity index (χ3n) is 3.25. The Bertz CT molecular complexity index is 324. The summed E-state index contributed by atoms with van der Waals surface area (Å²) >= 11 is 0. The van der Waals surface area contributed by atoms with Crippen molar-refractivity contribution in [3.05, 3.63) is 0 Å². The number of carbonyl (C=O) groups is 3. The maximum absolute atomic E-state index is 11.3. The minimum Gasteiger partial charge on any atom is -0.361 e. The average molecular weight is 257 g/mol. The lowest BCUT2D eigenvalue weighted by Gasteiger charge is -2.31. The molecule has 0 radical (unpaired) electrons. The number of piperidine rings is 1. The molecule has 0 bridgehead atoms. The lowest BCUT2D eigenvalue weighted by Crippen LogP contribution is -2.44. The number of hydroxylamine groups is 1. The molecule has 102 valence electrons. The molecule has 0 saturated carbocycles. The Morgan fingerprint density at radius 3 is 2.39 bits per heavy atom. The zero-order valence-corrected chi connectivity index (χ0v) is 10.2. The first kappa shape index (κ1) is 14.4. The highest BCUT2D eigenvalue weighted by atomic mass is 16.5. The van der Waals surface area contributed by atoms with E-state index in [4.69, 9.17) is 10.9 Å². The number of nitrogens with one attached hydrogen (secondary N) is 1. The molecule has 0 aromatic rings. The van der Waals surface area contributed by atoms with Crippen molar-refractivity contribution in [1.82, 2.24) is 10.4 Å². The lowest BCUT2D eigenvalue weighted by atomic mass is 9.91. The van der Waals surface area contributed by atoms with Gasteiger partial charge in [-0.1, -0.05) is 0 Å². The molecule has 1 aliphatic heterocycles. The molecule has 0 aromatic carbocycles. The highest BCUT2D eigenvalue weighted by Crippen LogP contribution is 2.22. The third kappa shape index (κ3) is 4.33. The highest BCUT2D eigenvalue weighted by Gasteiger charge is 2.25. The lowest BCUT2D eigenvalue weighted by molar-refractivity contribution is -0.145. The Morgan fingerprint density at radius 2 is 1.89 bits per heavy atom. The van der Waals surface area contributed by atoms with Gasteiger partial charge in [0.1, 0.15) is 0 Å². The number of hydrogen-bond acceptors (Lipinski definition) is 4. The topological polar surface area (TPSA) is 113 Å². The average Bonchev–Trinajstić information content (AvgIpc) is 2.38. The summed E-state index contributed by atoms with van der Waals surface area (Å²) in [7, 11) is 0. The quantitative estimate of drug-likeness (QED) is 0.354. The fraction of sp³-hybridized carbons (Fsp3) is 0.727. The summed E-state index contributed by atoms with van der Waals surface area (Å²) in [5, 5.41) is 8.33. The smallest absolute Gasteiger partial charge is 0.311 e. The number of primary amides is 1. The summed E-state index contributed by atoms with van der Waals surface area (Å²) in [5.74, 6) is -1.45. The van der Waals surface area contributed by atoms with Crippen LogP contribution in [0.2, 0.25) is 0 Å². The van der Waals surface area contributed by atoms with Gasteiger partial charge in [-0.05, 0) is 31.6 Å². The van der Waals surface area contributed by atoms with Crippen LogP contribution in [-0.2, 0) is 14.4 Å². The molecule has 18 heavy (non-hydrogen) atoms. The predicted molar refractivity (Wildman–Crippen MR) is 62.3 cm³/mol. The molecule has 0 spiro atoms. The summed E-state index contributed by atoms with van der Waals surface area (Å²) in [5.41, 5.74) is 6.53. The fourth-order valence-corrected chi connectivity index (χ4v) is 2.19. The van der Waals surface area contributed by atoms with Crippen molar-refractivity contribution in [2.75, 3.05) is 13.1 Å². The van der Waals surface area contributed by atoms with E-state index in [0.717, 1.165) is 19.3 Å². The van der Waals surface area contributed by atoms with Crippen molar-refractivity contribution < 1.29 is 19.6 Å². The van der Waals surface area contributed by atoms with Gasteiger partial charge in [-0.25, -0.2) is 5.48 Å². The van der Waals surface area contributed by atoms with Gasteiger partial charge < -0.3 is 10.6 Å². The summed E-state index contributed by atoms with van der Waals surface area (Å²) in [6.45, 7) is 1.08. The minimum absolute atomic E-state index is 0.303. The van der Waals surface area contributed by atoms with Crippen LogP contribution in [0.15, 0.2) is 0 Å². The van der Waals surface area contributed by atoms with E-state index in [1.54, 1.807) is 5.48 Å². The van der Waals surface area contributed by atoms with Crippen molar-refractivity contribution in [2.24, 2.45) is 11.7 Å². The highest BCUT2D eigenvalue weighted by molar-refractivity contribution is 6.34. The van der Waals surface area contributed by atoms with Gasteiger partial charge in [-0.3, -0.25) is 19.6 Å². The second kappa shape index (κ2) is 6.95. The standard InChI is InChI=1S/C11H19N3O4/c12-10(16)11(17)14-6-4-8(5-7-14)2-1-3-9(15)13-18/h8,18H,1-7H2,(H2,12,16)(H,13,15). The van der Waals surface area contributed by atoms with Crippen LogP contribution in [0.5, 0.6) is 0 Å². The van der Waals surface area contributed by atoms with E-state index in [2.05, 4.69) is 0 Å². The molecule has 7 heteroatoms. The van der Waals surface area contributed by atoms with Crippen molar-refractivity contribution >= 4 is 17.7 Å². The normalized spacial score (nSPS) is 16.4. The second-order valence-electron chi connectivity index (χ2n) is 4.53. The van der Waals surface area contributed by atoms with Gasteiger partial charge in [-0.2, -0.15) is 0 Å². The number of likely N-dealkylation sites (tertiary alicyclic amines) is 1. The maximum Gasteiger partial charge on any atom is 0.311 e. The summed E-state index contributed by atoms with van der Waals surface area (Å²) in [4.78, 5) is 34.3. The van der Waals surface area contributed by atoms with Crippen LogP contribution < -0.4 is 11.2 Å². The van der Waals surface area contributed by atoms with E-state index < -0.39 is 11.8 Å². The first-order valence-electron chi connectivity index (χ1n) is 6.06. The van der Waals surface area contributed by atoms with Gasteiger partial charge >= 0.3 is 11.8 Å². The SMILES string of the molecule is NC(=O)C(=O)N1CCC(CCCC(=O)NO)CC1. The van der Waals surface area contributed by atoms with Gasteiger partial charge in [0, 0.05) is 19.5 Å². The predicted octanol–water partition coefficient (Wildman–Crippen LogP) is -0.614. The van der Waals surface area contributed by atoms with Crippen LogP contribution in [0, 0.1) is 5.92 Å². The van der Waals surface area contributed by atoms with Gasteiger partial charge in [0.05, 0.1) is 0 Å². The van der Waals surface area contributed by atoms with Gasteiger partial charge in [-0.15, -0.1) is 0 Å². The van der Waals surface area contributed by atoms with Gasteiger partial charge in [0.15, 0.2) is 0 Å². The number of nitrogens with two attached hydrogens (primary N) is 1. The minimum atomic E-state index is -0.909. The zero-order chi connectivity index (χ0) is 13.5. The molecule has 1 saturated heterocycles. The molecule has 1 heterocycles. The Labute approximate surface area is 105 Å². The molecule has 0 aromatic heterocycles. The van der Waals surface area contributed by atoms with E-state index in [0.29, 0.717) is 31.8 Å². The van der Waals surface area contributed by atoms with Crippen LogP contribution in [0.3, 0.4) is 0 Å². The summed E-state index contributed by atoms with van der Waals surface area (Å²) < 4.78 is 0. The molecule has 0 unspecified atom stereocenters. The van der Waals surface area contributed by atoms with E-state index >= 15 is 0 Å². The molecular weight excluding hydrogens is 238 g/mol. The largest absolute Gasteiger partial charge is 0.361 e. The van der Waals surface area contributed by atoms with Crippen molar-refractivity contribution in [3.63, 3.8) is 0 Å². The van der Waals surface area contributed by atoms with Gasteiger partial charge in [0.2, 0.25) is 5.91 Å². The van der Waals surface area contributed by atoms with Crippen molar-refractivity contribution in [1.29, 1.82) is 0 Å². The number of amides is 3. The first-order chi connectivity index (χ1) is 8.54. The monoisotopic (exact) mass is 257 g/mol. The van der Waals surface area contributed by atoms with Crippen LogP contribution in [0.4, 0.5) is 0 Å². The zero-order valence-electron chi connectivity index (χ0n) is 10.2. The fourth-order valence-electron chi connectivity index (χ4n) is 2.19. The molecule has 1 fully saturated rings. The molecule has 1 rings (SSSR count). The van der Waals surface area contributed by atoms with E-state index in [1.165, 1.54) is 4.90 Å². The Hall–Kier alpha value is -1.63. The molecule has 0 atom stereocenters. The van der Waals surface area contributed by atoms with Gasteiger partial charge in [0.25, 0.3) is 0 Å². The van der Waals surface area contributed by atoms with Crippen LogP contribution in [0.1, 0.15) is 32.1 Å². The molecular formula is C11H19N3O4. The number of carbonyl (C=O) groups excluding carboxylic acids is 3. The molecule has 4 N–H and O–H groups in total. The Balaban J connectivity index is 2.21. The summed E-state index contributed by atoms with van der Waals surface area (Å²) in [6.07, 6.45) is 3.53. The third-order valence-corrected chi connectivity index (χ3v) is 3.25. The van der Waals surface area contributed by atoms with Crippen molar-refractivity contribution in [3.8, 4) is 0 Å². The maximum atomic E-state index is 11.3. The van der Waals surface area contributed by atoms with Crippen LogP contribution >= 0.6 is 0 Å². The van der Waals surface area contributed by atoms with Crippen LogP contribution in [0.25, 0.3) is 0 Å². The molecule has 3 amide bonds. The van der Waals surface area contributed by atoms with E-state index in [-0.39, 0.29) is 5.91 Å². The molecule has 1 aliphatic rings. The summed E-state index contributed by atoms with van der Waals surface area (Å²) in [6, 6.07) is 0. The number of rotatable bonds is 4. The number of nitrogens with zero attached hydrogens (tertiary/aromatic N) is 1. The molecule has 0 aliphatic carbocycles. The van der Waals surface area contributed by atoms with Crippen molar-refractivity contribution in [2.45, 2.75) is 32.1 Å². The second-order valence-corrected chi connectivity index (χ2v) is 4.53. The molecule has 7 nitrogen and oxygen atoms in total. The Morgan fingerprint density at radius 1 is 1.28 bits per heavy atom. The first-order valence-corrected chi connectivity index (χ1v) is 6.06. The number of hydrogen-bond donors (Lipinski definition) is 3.